The maximum Gasteiger partial charge on any atom is 0.247 e. The molecule has 0 saturated heterocycles. The third-order valence-electron chi connectivity index (χ3n) is 5.87. The van der Waals surface area contributed by atoms with Crippen LogP contribution >= 0.6 is 0 Å². The third-order valence-corrected chi connectivity index (χ3v) is 7.89. The molecule has 0 radical (unpaired) electrons. The summed E-state index contributed by atoms with van der Waals surface area (Å²) in [5.74, 6) is 0.398. The highest BCUT2D eigenvalue weighted by atomic mass is 32.2. The van der Waals surface area contributed by atoms with E-state index < -0.39 is 16.1 Å². The summed E-state index contributed by atoms with van der Waals surface area (Å²) in [4.78, 5) is 2.25. The molecule has 6 nitrogen and oxygen atoms in total. The van der Waals surface area contributed by atoms with Gasteiger partial charge in [0.15, 0.2) is 0 Å². The second-order valence-electron chi connectivity index (χ2n) is 8.64. The second-order valence-corrected chi connectivity index (χ2v) is 10.5. The van der Waals surface area contributed by atoms with Crippen LogP contribution in [0, 0.1) is 5.92 Å². The summed E-state index contributed by atoms with van der Waals surface area (Å²) >= 11 is 0. The zero-order valence-corrected chi connectivity index (χ0v) is 18.8. The van der Waals surface area contributed by atoms with Gasteiger partial charge in [-0.05, 0) is 70.0 Å². The van der Waals surface area contributed by atoms with Gasteiger partial charge in [-0.25, -0.2) is 8.42 Å². The molecule has 1 heterocycles. The topological polar surface area (TPSA) is 70.1 Å². The highest BCUT2D eigenvalue weighted by molar-refractivity contribution is 7.89. The fourth-order valence-electron chi connectivity index (χ4n) is 4.10. The first kappa shape index (κ1) is 22.3. The Labute approximate surface area is 175 Å². The van der Waals surface area contributed by atoms with Gasteiger partial charge in [-0.15, -0.1) is 0 Å². The van der Waals surface area contributed by atoms with Crippen LogP contribution in [0.4, 0.5) is 0 Å². The van der Waals surface area contributed by atoms with Gasteiger partial charge >= 0.3 is 0 Å². The second kappa shape index (κ2) is 9.16. The average molecular weight is 423 g/mol. The molecular weight excluding hydrogens is 388 g/mol. The lowest BCUT2D eigenvalue weighted by molar-refractivity contribution is 0.0812. The summed E-state index contributed by atoms with van der Waals surface area (Å²) in [6.45, 7) is 4.54. The molecule has 0 saturated carbocycles. The van der Waals surface area contributed by atoms with Crippen LogP contribution in [0.15, 0.2) is 29.2 Å². The first-order valence-corrected chi connectivity index (χ1v) is 12.0. The Morgan fingerprint density at radius 2 is 2.07 bits per heavy atom. The zero-order valence-electron chi connectivity index (χ0n) is 18.0. The van der Waals surface area contributed by atoms with E-state index in [2.05, 4.69) is 11.0 Å². The van der Waals surface area contributed by atoms with Crippen LogP contribution in [0.2, 0.25) is 0 Å². The van der Waals surface area contributed by atoms with E-state index in [9.17, 15) is 13.5 Å². The number of allylic oxidation sites excluding steroid dienone is 2. The lowest BCUT2D eigenvalue weighted by Crippen LogP contribution is -2.49. The maximum absolute atomic E-state index is 13.4. The molecule has 29 heavy (non-hydrogen) atoms. The van der Waals surface area contributed by atoms with Crippen molar-refractivity contribution in [1.29, 1.82) is 0 Å². The van der Waals surface area contributed by atoms with Crippen LogP contribution < -0.4 is 4.74 Å². The predicted octanol–water partition coefficient (Wildman–Crippen LogP) is 2.97. The van der Waals surface area contributed by atoms with E-state index in [1.54, 1.807) is 13.0 Å². The van der Waals surface area contributed by atoms with Crippen LogP contribution in [-0.2, 0) is 10.0 Å². The molecule has 0 spiro atoms. The van der Waals surface area contributed by atoms with Gasteiger partial charge in [0.05, 0.1) is 6.61 Å². The van der Waals surface area contributed by atoms with E-state index in [4.69, 9.17) is 4.74 Å². The number of rotatable bonds is 5. The zero-order chi connectivity index (χ0) is 21.2. The molecule has 0 aromatic heterocycles. The smallest absolute Gasteiger partial charge is 0.247 e. The van der Waals surface area contributed by atoms with Crippen molar-refractivity contribution in [2.24, 2.45) is 5.92 Å². The van der Waals surface area contributed by atoms with Crippen molar-refractivity contribution < 1.29 is 18.3 Å². The molecule has 162 valence electrons. The molecule has 0 amide bonds. The number of fused-ring (bicyclic) bond motifs is 1. The summed E-state index contributed by atoms with van der Waals surface area (Å²) in [7, 11) is 0.209. The molecule has 1 aliphatic heterocycles. The number of aliphatic hydroxyl groups excluding tert-OH is 1. The number of hydrogen-bond acceptors (Lipinski definition) is 5. The summed E-state index contributed by atoms with van der Waals surface area (Å²) in [5.41, 5.74) is 2.30. The van der Waals surface area contributed by atoms with Gasteiger partial charge in [0.25, 0.3) is 0 Å². The van der Waals surface area contributed by atoms with Gasteiger partial charge in [-0.2, -0.15) is 4.31 Å². The standard InChI is InChI=1S/C22H34N2O4S/c1-16-13-24(17(2)15-25)29(26,27)22-11-10-19(18-8-6-5-7-9-18)12-20(22)28-21(16)14-23(3)4/h8,10-12,16-17,21,25H,5-7,9,13-15H2,1-4H3/t16-,17-,21-/m1/s1. The highest BCUT2D eigenvalue weighted by Gasteiger charge is 2.38. The first-order valence-electron chi connectivity index (χ1n) is 10.5. The lowest BCUT2D eigenvalue weighted by Gasteiger charge is -2.37. The van der Waals surface area contributed by atoms with Crippen molar-refractivity contribution in [3.63, 3.8) is 0 Å². The number of nitrogens with zero attached hydrogens (tertiary/aromatic N) is 2. The maximum atomic E-state index is 13.4. The van der Waals surface area contributed by atoms with E-state index >= 15 is 0 Å². The SMILES string of the molecule is C[C@@H]1CN([C@H](C)CO)S(=O)(=O)c2ccc(C3=CCCCC3)cc2O[C@@H]1CN(C)C. The van der Waals surface area contributed by atoms with Crippen molar-refractivity contribution in [3.05, 3.63) is 29.8 Å². The molecule has 3 atom stereocenters. The lowest BCUT2D eigenvalue weighted by atomic mass is 9.93. The van der Waals surface area contributed by atoms with E-state index in [1.165, 1.54) is 16.3 Å². The molecule has 0 unspecified atom stereocenters. The van der Waals surface area contributed by atoms with Gasteiger partial charge in [0.2, 0.25) is 10.0 Å². The normalized spacial score (nSPS) is 26.1. The predicted molar refractivity (Wildman–Crippen MR) is 115 cm³/mol. The fourth-order valence-corrected chi connectivity index (χ4v) is 5.93. The van der Waals surface area contributed by atoms with Crippen LogP contribution in [0.25, 0.3) is 5.57 Å². The molecule has 1 aromatic carbocycles. The first-order chi connectivity index (χ1) is 13.7. The molecule has 3 rings (SSSR count). The van der Waals surface area contributed by atoms with Gasteiger partial charge in [0.1, 0.15) is 16.7 Å². The molecule has 0 fully saturated rings. The van der Waals surface area contributed by atoms with Crippen LogP contribution in [0.5, 0.6) is 5.75 Å². The minimum Gasteiger partial charge on any atom is -0.487 e. The Morgan fingerprint density at radius 3 is 2.69 bits per heavy atom. The highest BCUT2D eigenvalue weighted by Crippen LogP contribution is 2.37. The number of hydrogen-bond donors (Lipinski definition) is 1. The largest absolute Gasteiger partial charge is 0.487 e. The molecule has 1 aliphatic carbocycles. The monoisotopic (exact) mass is 422 g/mol. The van der Waals surface area contributed by atoms with Crippen molar-refractivity contribution in [2.75, 3.05) is 33.8 Å². The van der Waals surface area contributed by atoms with Crippen LogP contribution in [0.1, 0.15) is 45.1 Å². The van der Waals surface area contributed by atoms with Gasteiger partial charge < -0.3 is 14.7 Å². The van der Waals surface area contributed by atoms with Gasteiger partial charge in [-0.3, -0.25) is 0 Å². The summed E-state index contributed by atoms with van der Waals surface area (Å²) in [5, 5.41) is 9.69. The Bertz CT molecular complexity index is 850. The molecule has 1 N–H and O–H groups in total. The third kappa shape index (κ3) is 4.85. The van der Waals surface area contributed by atoms with E-state index in [1.807, 2.05) is 33.2 Å². The van der Waals surface area contributed by atoms with E-state index in [-0.39, 0.29) is 23.5 Å². The number of likely N-dealkylation sites (N-methyl/N-ethyl adjacent to an activating group) is 1. The fraction of sp³-hybridized carbons (Fsp3) is 0.636. The van der Waals surface area contributed by atoms with Crippen molar-refractivity contribution >= 4 is 15.6 Å². The van der Waals surface area contributed by atoms with Crippen LogP contribution in [-0.4, -0.2) is 68.7 Å². The summed E-state index contributed by atoms with van der Waals surface area (Å²) < 4.78 is 34.7. The number of sulfonamides is 1. The van der Waals surface area contributed by atoms with Crippen molar-refractivity contribution in [1.82, 2.24) is 9.21 Å². The van der Waals surface area contributed by atoms with Gasteiger partial charge in [0, 0.05) is 25.0 Å². The van der Waals surface area contributed by atoms with Crippen molar-refractivity contribution in [3.8, 4) is 5.75 Å². The Morgan fingerprint density at radius 1 is 1.31 bits per heavy atom. The molecule has 0 bridgehead atoms. The van der Waals surface area contributed by atoms with Gasteiger partial charge in [-0.1, -0.05) is 19.1 Å². The summed E-state index contributed by atoms with van der Waals surface area (Å²) in [6, 6.07) is 4.97. The molecule has 1 aromatic rings. The Hall–Kier alpha value is -1.41. The minimum absolute atomic E-state index is 0.0214. The van der Waals surface area contributed by atoms with Crippen molar-refractivity contribution in [2.45, 2.75) is 56.6 Å². The van der Waals surface area contributed by atoms with E-state index in [0.717, 1.165) is 24.8 Å². The molecular formula is C22H34N2O4S. The average Bonchev–Trinajstić information content (AvgIpc) is 2.70. The van der Waals surface area contributed by atoms with Crippen LogP contribution in [0.3, 0.4) is 0 Å². The minimum atomic E-state index is -3.77. The van der Waals surface area contributed by atoms with E-state index in [0.29, 0.717) is 18.8 Å². The Kier molecular flexibility index (Phi) is 7.04. The quantitative estimate of drug-likeness (QED) is 0.790. The molecule has 7 heteroatoms. The molecule has 2 aliphatic rings. The number of aliphatic hydroxyl groups is 1. The Balaban J connectivity index is 2.10. The summed E-state index contributed by atoms with van der Waals surface area (Å²) in [6.07, 6.45) is 6.54. The number of ether oxygens (including phenoxy) is 1. The number of benzene rings is 1.